The Bertz CT molecular complexity index is 441. The molecule has 0 aliphatic heterocycles. The summed E-state index contributed by atoms with van der Waals surface area (Å²) >= 11 is 0. The predicted molar refractivity (Wildman–Crippen MR) is 80.7 cm³/mol. The van der Waals surface area contributed by atoms with Gasteiger partial charge in [-0.25, -0.2) is 0 Å². The molecule has 0 spiro atoms. The second-order valence-electron chi connectivity index (χ2n) is 4.64. The Morgan fingerprint density at radius 2 is 2.10 bits per heavy atom. The van der Waals surface area contributed by atoms with Gasteiger partial charge in [0.1, 0.15) is 5.75 Å². The van der Waals surface area contributed by atoms with Crippen molar-refractivity contribution >= 4 is 12.0 Å². The van der Waals surface area contributed by atoms with Crippen molar-refractivity contribution in [3.63, 3.8) is 0 Å². The fourth-order valence-corrected chi connectivity index (χ4v) is 1.63. The van der Waals surface area contributed by atoms with Crippen LogP contribution in [-0.2, 0) is 9.53 Å². The van der Waals surface area contributed by atoms with E-state index in [2.05, 4.69) is 5.32 Å². The van der Waals surface area contributed by atoms with Crippen LogP contribution >= 0.6 is 0 Å². The number of hydrogen-bond donors (Lipinski definition) is 1. The topological polar surface area (TPSA) is 47.6 Å². The second kappa shape index (κ2) is 9.15. The molecule has 20 heavy (non-hydrogen) atoms. The van der Waals surface area contributed by atoms with E-state index >= 15 is 0 Å². The number of benzene rings is 1. The number of rotatable bonds is 8. The molecule has 1 rings (SSSR count). The lowest BCUT2D eigenvalue weighted by Crippen LogP contribution is -2.23. The fourth-order valence-electron chi connectivity index (χ4n) is 1.63. The van der Waals surface area contributed by atoms with Crippen LogP contribution in [0.25, 0.3) is 6.08 Å². The first-order chi connectivity index (χ1) is 9.63. The summed E-state index contributed by atoms with van der Waals surface area (Å²) in [6.07, 6.45) is 4.31. The molecular weight excluding hydrogens is 254 g/mol. The highest BCUT2D eigenvalue weighted by molar-refractivity contribution is 5.92. The van der Waals surface area contributed by atoms with Crippen molar-refractivity contribution in [3.8, 4) is 5.75 Å². The van der Waals surface area contributed by atoms with E-state index in [1.807, 2.05) is 38.1 Å². The maximum Gasteiger partial charge on any atom is 0.244 e. The number of methoxy groups -OCH3 is 1. The zero-order valence-corrected chi connectivity index (χ0v) is 12.4. The second-order valence-corrected chi connectivity index (χ2v) is 4.64. The third-order valence-corrected chi connectivity index (χ3v) is 2.62. The number of carbonyl (C=O) groups is 1. The molecule has 0 aliphatic rings. The van der Waals surface area contributed by atoms with Crippen molar-refractivity contribution in [2.75, 3.05) is 20.3 Å². The first-order valence-corrected chi connectivity index (χ1v) is 6.84. The third-order valence-electron chi connectivity index (χ3n) is 2.62. The van der Waals surface area contributed by atoms with Gasteiger partial charge in [-0.05, 0) is 32.4 Å². The minimum absolute atomic E-state index is 0.111. The van der Waals surface area contributed by atoms with Crippen LogP contribution in [0.4, 0.5) is 0 Å². The summed E-state index contributed by atoms with van der Waals surface area (Å²) in [7, 11) is 1.61. The molecule has 1 amide bonds. The van der Waals surface area contributed by atoms with Crippen LogP contribution < -0.4 is 10.1 Å². The van der Waals surface area contributed by atoms with E-state index in [0.717, 1.165) is 17.7 Å². The quantitative estimate of drug-likeness (QED) is 0.587. The smallest absolute Gasteiger partial charge is 0.244 e. The van der Waals surface area contributed by atoms with Gasteiger partial charge in [-0.15, -0.1) is 0 Å². The van der Waals surface area contributed by atoms with E-state index in [1.54, 1.807) is 13.2 Å². The highest BCUT2D eigenvalue weighted by Crippen LogP contribution is 2.18. The first kappa shape index (κ1) is 16.2. The highest BCUT2D eigenvalue weighted by Gasteiger charge is 1.99. The monoisotopic (exact) mass is 277 g/mol. The van der Waals surface area contributed by atoms with Crippen molar-refractivity contribution in [1.82, 2.24) is 5.32 Å². The summed E-state index contributed by atoms with van der Waals surface area (Å²) in [6.45, 7) is 5.26. The molecule has 0 unspecified atom stereocenters. The van der Waals surface area contributed by atoms with Gasteiger partial charge in [0.15, 0.2) is 0 Å². The lowest BCUT2D eigenvalue weighted by Gasteiger charge is -2.07. The number of carbonyl (C=O) groups excluding carboxylic acids is 1. The van der Waals surface area contributed by atoms with Crippen LogP contribution in [0.2, 0.25) is 0 Å². The van der Waals surface area contributed by atoms with Crippen LogP contribution in [0.5, 0.6) is 5.75 Å². The third kappa shape index (κ3) is 6.38. The predicted octanol–water partition coefficient (Wildman–Crippen LogP) is 2.64. The summed E-state index contributed by atoms with van der Waals surface area (Å²) in [5.41, 5.74) is 0.883. The van der Waals surface area contributed by atoms with E-state index in [1.165, 1.54) is 6.08 Å². The Labute approximate surface area is 120 Å². The molecule has 0 radical (unpaired) electrons. The van der Waals surface area contributed by atoms with Gasteiger partial charge < -0.3 is 14.8 Å². The Kier molecular flexibility index (Phi) is 7.43. The van der Waals surface area contributed by atoms with Gasteiger partial charge >= 0.3 is 0 Å². The minimum Gasteiger partial charge on any atom is -0.496 e. The Hall–Kier alpha value is -1.81. The van der Waals surface area contributed by atoms with Crippen molar-refractivity contribution in [2.24, 2.45) is 0 Å². The van der Waals surface area contributed by atoms with Gasteiger partial charge in [0.05, 0.1) is 13.2 Å². The molecular formula is C16H23NO3. The molecule has 4 heteroatoms. The van der Waals surface area contributed by atoms with Gasteiger partial charge in [-0.2, -0.15) is 0 Å². The van der Waals surface area contributed by atoms with Crippen molar-refractivity contribution < 1.29 is 14.3 Å². The molecule has 1 aromatic rings. The number of hydrogen-bond acceptors (Lipinski definition) is 3. The number of amides is 1. The SMILES string of the molecule is COc1ccccc1/C=C/C(=O)NCCCOC(C)C. The molecule has 0 heterocycles. The van der Waals surface area contributed by atoms with Gasteiger partial charge in [0, 0.05) is 24.8 Å². The minimum atomic E-state index is -0.111. The lowest BCUT2D eigenvalue weighted by molar-refractivity contribution is -0.116. The van der Waals surface area contributed by atoms with E-state index in [4.69, 9.17) is 9.47 Å². The summed E-state index contributed by atoms with van der Waals surface area (Å²) in [6, 6.07) is 7.56. The fraction of sp³-hybridized carbons (Fsp3) is 0.438. The summed E-state index contributed by atoms with van der Waals surface area (Å²) < 4.78 is 10.6. The molecule has 1 aromatic carbocycles. The average Bonchev–Trinajstić information content (AvgIpc) is 2.44. The van der Waals surface area contributed by atoms with Crippen LogP contribution in [0.1, 0.15) is 25.8 Å². The van der Waals surface area contributed by atoms with Gasteiger partial charge in [-0.1, -0.05) is 18.2 Å². The number of para-hydroxylation sites is 1. The van der Waals surface area contributed by atoms with E-state index in [-0.39, 0.29) is 12.0 Å². The highest BCUT2D eigenvalue weighted by atomic mass is 16.5. The maximum atomic E-state index is 11.6. The van der Waals surface area contributed by atoms with Gasteiger partial charge in [-0.3, -0.25) is 4.79 Å². The van der Waals surface area contributed by atoms with Crippen LogP contribution in [-0.4, -0.2) is 32.3 Å². The molecule has 0 aromatic heterocycles. The van der Waals surface area contributed by atoms with E-state index < -0.39 is 0 Å². The lowest BCUT2D eigenvalue weighted by atomic mass is 10.2. The van der Waals surface area contributed by atoms with Crippen LogP contribution in [0.3, 0.4) is 0 Å². The number of nitrogens with one attached hydrogen (secondary N) is 1. The van der Waals surface area contributed by atoms with E-state index in [9.17, 15) is 4.79 Å². The molecule has 0 atom stereocenters. The van der Waals surface area contributed by atoms with Crippen molar-refractivity contribution in [2.45, 2.75) is 26.4 Å². The standard InChI is InChI=1S/C16H23NO3/c1-13(2)20-12-6-11-17-16(18)10-9-14-7-4-5-8-15(14)19-3/h4-5,7-10,13H,6,11-12H2,1-3H3,(H,17,18)/b10-9+. The summed E-state index contributed by atoms with van der Waals surface area (Å²) in [5, 5.41) is 2.82. The Morgan fingerprint density at radius 1 is 1.35 bits per heavy atom. The molecule has 0 saturated heterocycles. The average molecular weight is 277 g/mol. The largest absolute Gasteiger partial charge is 0.496 e. The summed E-state index contributed by atoms with van der Waals surface area (Å²) in [4.78, 5) is 11.6. The van der Waals surface area contributed by atoms with Gasteiger partial charge in [0.25, 0.3) is 0 Å². The Balaban J connectivity index is 2.33. The normalized spacial score (nSPS) is 11.0. The van der Waals surface area contributed by atoms with Crippen LogP contribution in [0, 0.1) is 0 Å². The molecule has 0 saturated carbocycles. The van der Waals surface area contributed by atoms with E-state index in [0.29, 0.717) is 13.2 Å². The zero-order valence-electron chi connectivity index (χ0n) is 12.4. The molecule has 0 fully saturated rings. The molecule has 0 aliphatic carbocycles. The molecule has 4 nitrogen and oxygen atoms in total. The zero-order chi connectivity index (χ0) is 14.8. The first-order valence-electron chi connectivity index (χ1n) is 6.84. The van der Waals surface area contributed by atoms with Gasteiger partial charge in [0.2, 0.25) is 5.91 Å². The summed E-state index contributed by atoms with van der Waals surface area (Å²) in [5.74, 6) is 0.641. The van der Waals surface area contributed by atoms with Crippen molar-refractivity contribution in [1.29, 1.82) is 0 Å². The van der Waals surface area contributed by atoms with Crippen LogP contribution in [0.15, 0.2) is 30.3 Å². The maximum absolute atomic E-state index is 11.6. The number of ether oxygens (including phenoxy) is 2. The Morgan fingerprint density at radius 3 is 2.80 bits per heavy atom. The molecule has 110 valence electrons. The molecule has 0 bridgehead atoms. The van der Waals surface area contributed by atoms with Crippen molar-refractivity contribution in [3.05, 3.63) is 35.9 Å². The molecule has 1 N–H and O–H groups in total.